The van der Waals surface area contributed by atoms with Crippen molar-refractivity contribution >= 4 is 12.0 Å². The molecule has 116 valence electrons. The van der Waals surface area contributed by atoms with Gasteiger partial charge in [0.2, 0.25) is 0 Å². The van der Waals surface area contributed by atoms with Crippen molar-refractivity contribution in [2.75, 3.05) is 46.6 Å². The Kier molecular flexibility index (Phi) is 7.32. The minimum absolute atomic E-state index is 0.202. The molecule has 1 saturated heterocycles. The van der Waals surface area contributed by atoms with Gasteiger partial charge >= 0.3 is 12.0 Å². The van der Waals surface area contributed by atoms with E-state index >= 15 is 0 Å². The Bertz CT molecular complexity index is 324. The van der Waals surface area contributed by atoms with Gasteiger partial charge in [-0.3, -0.25) is 4.79 Å². The fourth-order valence-corrected chi connectivity index (χ4v) is 2.28. The van der Waals surface area contributed by atoms with Crippen LogP contribution in [0.25, 0.3) is 0 Å². The molecule has 2 unspecified atom stereocenters. The SMILES string of the molecule is COCCOCCNC(=O)N1CC(C)CC(C(=O)O)C1. The number of amides is 2. The second kappa shape index (κ2) is 8.76. The number of urea groups is 1. The number of nitrogens with zero attached hydrogens (tertiary/aromatic N) is 1. The molecule has 7 nitrogen and oxygen atoms in total. The van der Waals surface area contributed by atoms with Crippen LogP contribution in [0, 0.1) is 11.8 Å². The van der Waals surface area contributed by atoms with Crippen molar-refractivity contribution in [3.05, 3.63) is 0 Å². The van der Waals surface area contributed by atoms with Gasteiger partial charge in [0, 0.05) is 26.7 Å². The molecule has 1 aliphatic heterocycles. The lowest BCUT2D eigenvalue weighted by Crippen LogP contribution is -2.50. The average Bonchev–Trinajstić information content (AvgIpc) is 2.41. The molecule has 0 radical (unpaired) electrons. The Morgan fingerprint density at radius 1 is 1.30 bits per heavy atom. The molecule has 0 aromatic rings. The lowest BCUT2D eigenvalue weighted by Gasteiger charge is -2.34. The van der Waals surface area contributed by atoms with Gasteiger partial charge in [-0.2, -0.15) is 0 Å². The van der Waals surface area contributed by atoms with E-state index in [1.54, 1.807) is 12.0 Å². The number of hydrogen-bond donors (Lipinski definition) is 2. The summed E-state index contributed by atoms with van der Waals surface area (Å²) < 4.78 is 10.1. The number of piperidine rings is 1. The van der Waals surface area contributed by atoms with Gasteiger partial charge in [0.25, 0.3) is 0 Å². The third kappa shape index (κ3) is 5.75. The molecule has 0 aromatic carbocycles. The smallest absolute Gasteiger partial charge is 0.317 e. The fourth-order valence-electron chi connectivity index (χ4n) is 2.28. The highest BCUT2D eigenvalue weighted by atomic mass is 16.5. The Morgan fingerprint density at radius 3 is 2.70 bits per heavy atom. The first-order valence-electron chi connectivity index (χ1n) is 6.86. The van der Waals surface area contributed by atoms with E-state index in [2.05, 4.69) is 5.32 Å². The lowest BCUT2D eigenvalue weighted by atomic mass is 9.91. The van der Waals surface area contributed by atoms with Gasteiger partial charge in [0.1, 0.15) is 0 Å². The molecule has 1 rings (SSSR count). The number of likely N-dealkylation sites (tertiary alicyclic amines) is 1. The highest BCUT2D eigenvalue weighted by molar-refractivity contribution is 5.76. The maximum absolute atomic E-state index is 11.9. The second-order valence-electron chi connectivity index (χ2n) is 5.12. The third-order valence-corrected chi connectivity index (χ3v) is 3.25. The van der Waals surface area contributed by atoms with E-state index in [1.807, 2.05) is 6.92 Å². The molecular weight excluding hydrogens is 264 g/mol. The minimum Gasteiger partial charge on any atom is -0.481 e. The topological polar surface area (TPSA) is 88.1 Å². The summed E-state index contributed by atoms with van der Waals surface area (Å²) in [4.78, 5) is 24.6. The molecular formula is C13H24N2O5. The molecule has 2 N–H and O–H groups in total. The highest BCUT2D eigenvalue weighted by Gasteiger charge is 2.31. The van der Waals surface area contributed by atoms with E-state index in [4.69, 9.17) is 14.6 Å². The summed E-state index contributed by atoms with van der Waals surface area (Å²) in [6, 6.07) is -0.224. The first-order valence-corrected chi connectivity index (χ1v) is 6.86. The maximum Gasteiger partial charge on any atom is 0.317 e. The standard InChI is InChI=1S/C13H24N2O5/c1-10-7-11(12(16)17)9-15(8-10)13(18)14-3-4-20-6-5-19-2/h10-11H,3-9H2,1-2H3,(H,14,18)(H,16,17). The molecule has 1 fully saturated rings. The largest absolute Gasteiger partial charge is 0.481 e. The van der Waals surface area contributed by atoms with Crippen LogP contribution in [0.5, 0.6) is 0 Å². The summed E-state index contributed by atoms with van der Waals surface area (Å²) in [5.41, 5.74) is 0. The van der Waals surface area contributed by atoms with Gasteiger partial charge in [0.05, 0.1) is 25.7 Å². The number of ether oxygens (including phenoxy) is 2. The quantitative estimate of drug-likeness (QED) is 0.662. The molecule has 0 bridgehead atoms. The number of methoxy groups -OCH3 is 1. The summed E-state index contributed by atoms with van der Waals surface area (Å²) >= 11 is 0. The number of aliphatic carboxylic acids is 1. The van der Waals surface area contributed by atoms with Crippen LogP contribution in [-0.2, 0) is 14.3 Å². The van der Waals surface area contributed by atoms with Crippen LogP contribution >= 0.6 is 0 Å². The number of hydrogen-bond acceptors (Lipinski definition) is 4. The van der Waals surface area contributed by atoms with Crippen LogP contribution in [0.2, 0.25) is 0 Å². The Balaban J connectivity index is 2.26. The second-order valence-corrected chi connectivity index (χ2v) is 5.12. The minimum atomic E-state index is -0.836. The van der Waals surface area contributed by atoms with E-state index in [0.29, 0.717) is 39.3 Å². The predicted octanol–water partition coefficient (Wildman–Crippen LogP) is 0.402. The first-order chi connectivity index (χ1) is 9.54. The Labute approximate surface area is 119 Å². The highest BCUT2D eigenvalue weighted by Crippen LogP contribution is 2.21. The van der Waals surface area contributed by atoms with Crippen LogP contribution in [-0.4, -0.2) is 68.6 Å². The van der Waals surface area contributed by atoms with E-state index in [9.17, 15) is 9.59 Å². The number of carboxylic acids is 1. The normalized spacial score (nSPS) is 22.6. The molecule has 2 amide bonds. The average molecular weight is 288 g/mol. The molecule has 1 aliphatic rings. The zero-order valence-corrected chi connectivity index (χ0v) is 12.1. The van der Waals surface area contributed by atoms with Crippen molar-refractivity contribution in [1.29, 1.82) is 0 Å². The predicted molar refractivity (Wildman–Crippen MR) is 72.6 cm³/mol. The van der Waals surface area contributed by atoms with Crippen molar-refractivity contribution in [2.45, 2.75) is 13.3 Å². The molecule has 20 heavy (non-hydrogen) atoms. The maximum atomic E-state index is 11.9. The van der Waals surface area contributed by atoms with Gasteiger partial charge in [-0.25, -0.2) is 4.79 Å². The first kappa shape index (κ1) is 16.7. The summed E-state index contributed by atoms with van der Waals surface area (Å²) in [6.45, 7) is 4.68. The van der Waals surface area contributed by atoms with Gasteiger partial charge in [-0.1, -0.05) is 6.92 Å². The van der Waals surface area contributed by atoms with Gasteiger partial charge in [-0.05, 0) is 12.3 Å². The summed E-state index contributed by atoms with van der Waals surface area (Å²) in [5.74, 6) is -1.10. The van der Waals surface area contributed by atoms with Crippen LogP contribution in [0.3, 0.4) is 0 Å². The van der Waals surface area contributed by atoms with Crippen LogP contribution < -0.4 is 5.32 Å². The van der Waals surface area contributed by atoms with Crippen molar-refractivity contribution in [3.63, 3.8) is 0 Å². The molecule has 0 saturated carbocycles. The van der Waals surface area contributed by atoms with E-state index in [-0.39, 0.29) is 18.5 Å². The van der Waals surface area contributed by atoms with Crippen LogP contribution in [0.1, 0.15) is 13.3 Å². The molecule has 2 atom stereocenters. The Morgan fingerprint density at radius 2 is 2.05 bits per heavy atom. The summed E-state index contributed by atoms with van der Waals surface area (Å²) in [7, 11) is 1.60. The van der Waals surface area contributed by atoms with E-state index in [1.165, 1.54) is 0 Å². The molecule has 0 aliphatic carbocycles. The number of carbonyl (C=O) groups is 2. The van der Waals surface area contributed by atoms with E-state index < -0.39 is 11.9 Å². The van der Waals surface area contributed by atoms with Crippen molar-refractivity contribution < 1.29 is 24.2 Å². The number of carboxylic acid groups (broad SMARTS) is 1. The number of rotatable bonds is 7. The zero-order valence-electron chi connectivity index (χ0n) is 12.1. The summed E-state index contributed by atoms with van der Waals surface area (Å²) in [6.07, 6.45) is 0.624. The van der Waals surface area contributed by atoms with Crippen molar-refractivity contribution in [1.82, 2.24) is 10.2 Å². The summed E-state index contributed by atoms with van der Waals surface area (Å²) in [5, 5.41) is 11.8. The Hall–Kier alpha value is -1.34. The zero-order chi connectivity index (χ0) is 15.0. The monoisotopic (exact) mass is 288 g/mol. The van der Waals surface area contributed by atoms with Crippen LogP contribution in [0.4, 0.5) is 4.79 Å². The van der Waals surface area contributed by atoms with Crippen LogP contribution in [0.15, 0.2) is 0 Å². The van der Waals surface area contributed by atoms with Gasteiger partial charge < -0.3 is 24.8 Å². The number of carbonyl (C=O) groups excluding carboxylic acids is 1. The lowest BCUT2D eigenvalue weighted by molar-refractivity contribution is -0.143. The third-order valence-electron chi connectivity index (χ3n) is 3.25. The number of nitrogens with one attached hydrogen (secondary N) is 1. The van der Waals surface area contributed by atoms with Crippen molar-refractivity contribution in [3.8, 4) is 0 Å². The fraction of sp³-hybridized carbons (Fsp3) is 0.846. The molecule has 7 heteroatoms. The van der Waals surface area contributed by atoms with Gasteiger partial charge in [-0.15, -0.1) is 0 Å². The molecule has 0 spiro atoms. The van der Waals surface area contributed by atoms with E-state index in [0.717, 1.165) is 0 Å². The molecule has 1 heterocycles. The van der Waals surface area contributed by atoms with Gasteiger partial charge in [0.15, 0.2) is 0 Å². The van der Waals surface area contributed by atoms with Crippen molar-refractivity contribution in [2.24, 2.45) is 11.8 Å². The molecule has 0 aromatic heterocycles.